The molecule has 2 unspecified atom stereocenters. The normalized spacial score (nSPS) is 14.4. The molecule has 17 heavy (non-hydrogen) atoms. The largest absolute Gasteiger partial charge is 0.478 e. The maximum atomic E-state index is 10.9. The van der Waals surface area contributed by atoms with E-state index in [9.17, 15) is 15.0 Å². The standard InChI is InChI=1S/C11H13ClO4S/c12-8-2-1-6(5-7(8)11(15)16)10(14)9(13)3-4-17/h1-2,5,9-10,13-14,17H,3-4H2,(H,15,16). The first-order valence-corrected chi connectivity index (χ1v) is 5.98. The van der Waals surface area contributed by atoms with Crippen molar-refractivity contribution in [2.75, 3.05) is 5.75 Å². The summed E-state index contributed by atoms with van der Waals surface area (Å²) in [4.78, 5) is 10.9. The summed E-state index contributed by atoms with van der Waals surface area (Å²) in [7, 11) is 0. The van der Waals surface area contributed by atoms with E-state index in [0.29, 0.717) is 17.7 Å². The fourth-order valence-corrected chi connectivity index (χ4v) is 1.87. The van der Waals surface area contributed by atoms with Gasteiger partial charge in [0.1, 0.15) is 6.10 Å². The van der Waals surface area contributed by atoms with Crippen molar-refractivity contribution in [3.8, 4) is 0 Å². The van der Waals surface area contributed by atoms with Gasteiger partial charge in [-0.1, -0.05) is 17.7 Å². The molecule has 0 aliphatic carbocycles. The predicted molar refractivity (Wildman–Crippen MR) is 67.8 cm³/mol. The fraction of sp³-hybridized carbons (Fsp3) is 0.364. The highest BCUT2D eigenvalue weighted by atomic mass is 35.5. The molecule has 3 N–H and O–H groups in total. The number of hydrogen-bond acceptors (Lipinski definition) is 4. The van der Waals surface area contributed by atoms with Gasteiger partial charge in [0.2, 0.25) is 0 Å². The molecule has 1 aromatic rings. The predicted octanol–water partition coefficient (Wildman–Crippen LogP) is 1.75. The number of aliphatic hydroxyl groups is 2. The van der Waals surface area contributed by atoms with E-state index in [-0.39, 0.29) is 10.6 Å². The van der Waals surface area contributed by atoms with Crippen molar-refractivity contribution in [2.24, 2.45) is 0 Å². The number of carboxylic acids is 1. The SMILES string of the molecule is O=C(O)c1cc(C(O)C(O)CCS)ccc1Cl. The molecule has 0 heterocycles. The highest BCUT2D eigenvalue weighted by molar-refractivity contribution is 7.80. The van der Waals surface area contributed by atoms with Crippen molar-refractivity contribution in [3.05, 3.63) is 34.3 Å². The number of carbonyl (C=O) groups is 1. The maximum Gasteiger partial charge on any atom is 0.337 e. The number of aromatic carboxylic acids is 1. The zero-order valence-corrected chi connectivity index (χ0v) is 10.5. The maximum absolute atomic E-state index is 10.9. The first-order valence-electron chi connectivity index (χ1n) is 4.97. The van der Waals surface area contributed by atoms with Crippen LogP contribution in [0.1, 0.15) is 28.4 Å². The molecule has 6 heteroatoms. The van der Waals surface area contributed by atoms with Gasteiger partial charge in [-0.05, 0) is 29.9 Å². The van der Waals surface area contributed by atoms with Crippen molar-refractivity contribution in [2.45, 2.75) is 18.6 Å². The van der Waals surface area contributed by atoms with Gasteiger partial charge < -0.3 is 15.3 Å². The molecule has 1 aromatic carbocycles. The van der Waals surface area contributed by atoms with Gasteiger partial charge in [-0.25, -0.2) is 4.79 Å². The van der Waals surface area contributed by atoms with E-state index in [1.807, 2.05) is 0 Å². The Morgan fingerprint density at radius 1 is 1.41 bits per heavy atom. The Kier molecular flexibility index (Phi) is 5.27. The summed E-state index contributed by atoms with van der Waals surface area (Å²) in [5.74, 6) is -0.745. The van der Waals surface area contributed by atoms with Crippen LogP contribution in [-0.2, 0) is 0 Å². The van der Waals surface area contributed by atoms with Crippen LogP contribution in [0.25, 0.3) is 0 Å². The first-order chi connectivity index (χ1) is 7.97. The Labute approximate surface area is 109 Å². The second kappa shape index (κ2) is 6.26. The van der Waals surface area contributed by atoms with E-state index >= 15 is 0 Å². The van der Waals surface area contributed by atoms with Gasteiger partial charge in [0.25, 0.3) is 0 Å². The highest BCUT2D eigenvalue weighted by Gasteiger charge is 2.20. The van der Waals surface area contributed by atoms with Crippen LogP contribution in [0.15, 0.2) is 18.2 Å². The molecule has 0 radical (unpaired) electrons. The van der Waals surface area contributed by atoms with Crippen LogP contribution < -0.4 is 0 Å². The molecule has 2 atom stereocenters. The molecule has 0 saturated heterocycles. The van der Waals surface area contributed by atoms with E-state index in [0.717, 1.165) is 0 Å². The molecule has 0 fully saturated rings. The van der Waals surface area contributed by atoms with E-state index in [4.69, 9.17) is 16.7 Å². The summed E-state index contributed by atoms with van der Waals surface area (Å²) in [6, 6.07) is 4.13. The number of halogens is 1. The molecule has 0 aromatic heterocycles. The number of carboxylic acid groups (broad SMARTS) is 1. The lowest BCUT2D eigenvalue weighted by atomic mass is 10.0. The van der Waals surface area contributed by atoms with Gasteiger partial charge in [0.15, 0.2) is 0 Å². The van der Waals surface area contributed by atoms with E-state index < -0.39 is 18.2 Å². The zero-order valence-electron chi connectivity index (χ0n) is 8.88. The Hall–Kier alpha value is -0.750. The topological polar surface area (TPSA) is 77.8 Å². The number of hydrogen-bond donors (Lipinski definition) is 4. The van der Waals surface area contributed by atoms with E-state index in [2.05, 4.69) is 12.6 Å². The summed E-state index contributed by atoms with van der Waals surface area (Å²) in [5, 5.41) is 28.4. The Morgan fingerprint density at radius 2 is 2.06 bits per heavy atom. The molecule has 0 bridgehead atoms. The van der Waals surface area contributed by atoms with Gasteiger partial charge in [-0.3, -0.25) is 0 Å². The van der Waals surface area contributed by atoms with Crippen molar-refractivity contribution >= 4 is 30.2 Å². The molecular formula is C11H13ClO4S. The second-order valence-electron chi connectivity index (χ2n) is 3.57. The third kappa shape index (κ3) is 3.61. The van der Waals surface area contributed by atoms with Crippen LogP contribution in [0, 0.1) is 0 Å². The van der Waals surface area contributed by atoms with Gasteiger partial charge in [0, 0.05) is 0 Å². The lowest BCUT2D eigenvalue weighted by Crippen LogP contribution is -2.19. The minimum absolute atomic E-state index is 0.0946. The summed E-state index contributed by atoms with van der Waals surface area (Å²) in [6.45, 7) is 0. The third-order valence-electron chi connectivity index (χ3n) is 2.35. The number of aliphatic hydroxyl groups excluding tert-OH is 2. The summed E-state index contributed by atoms with van der Waals surface area (Å²) in [6.07, 6.45) is -1.80. The molecule has 0 spiro atoms. The van der Waals surface area contributed by atoms with Crippen molar-refractivity contribution in [1.82, 2.24) is 0 Å². The molecular weight excluding hydrogens is 264 g/mol. The van der Waals surface area contributed by atoms with Crippen LogP contribution in [0.2, 0.25) is 5.02 Å². The van der Waals surface area contributed by atoms with Gasteiger partial charge in [-0.15, -0.1) is 0 Å². The average molecular weight is 277 g/mol. The summed E-state index contributed by atoms with van der Waals surface area (Å²) >= 11 is 9.65. The number of rotatable bonds is 5. The van der Waals surface area contributed by atoms with Gasteiger partial charge in [0.05, 0.1) is 16.7 Å². The third-order valence-corrected chi connectivity index (χ3v) is 2.94. The quantitative estimate of drug-likeness (QED) is 0.618. The molecule has 4 nitrogen and oxygen atoms in total. The second-order valence-corrected chi connectivity index (χ2v) is 4.42. The van der Waals surface area contributed by atoms with Crippen LogP contribution in [0.4, 0.5) is 0 Å². The lowest BCUT2D eigenvalue weighted by Gasteiger charge is -2.17. The van der Waals surface area contributed by atoms with Crippen LogP contribution in [-0.4, -0.2) is 33.1 Å². The Balaban J connectivity index is 2.99. The molecule has 1 rings (SSSR count). The number of thiol groups is 1. The monoisotopic (exact) mass is 276 g/mol. The molecule has 0 saturated carbocycles. The lowest BCUT2D eigenvalue weighted by molar-refractivity contribution is 0.0171. The summed E-state index contributed by atoms with van der Waals surface area (Å²) < 4.78 is 0. The Bertz CT molecular complexity index is 410. The van der Waals surface area contributed by atoms with Gasteiger partial charge >= 0.3 is 5.97 Å². The minimum Gasteiger partial charge on any atom is -0.478 e. The van der Waals surface area contributed by atoms with Crippen molar-refractivity contribution in [1.29, 1.82) is 0 Å². The van der Waals surface area contributed by atoms with Gasteiger partial charge in [-0.2, -0.15) is 12.6 Å². The van der Waals surface area contributed by atoms with E-state index in [1.165, 1.54) is 18.2 Å². The molecule has 94 valence electrons. The zero-order chi connectivity index (χ0) is 13.0. The Morgan fingerprint density at radius 3 is 2.59 bits per heavy atom. The molecule has 0 amide bonds. The van der Waals surface area contributed by atoms with Crippen LogP contribution >= 0.6 is 24.2 Å². The number of benzene rings is 1. The smallest absolute Gasteiger partial charge is 0.337 e. The highest BCUT2D eigenvalue weighted by Crippen LogP contribution is 2.24. The minimum atomic E-state index is -1.17. The van der Waals surface area contributed by atoms with Crippen molar-refractivity contribution < 1.29 is 20.1 Å². The van der Waals surface area contributed by atoms with Crippen LogP contribution in [0.5, 0.6) is 0 Å². The average Bonchev–Trinajstić information content (AvgIpc) is 2.28. The molecule has 0 aliphatic rings. The summed E-state index contributed by atoms with van der Waals surface area (Å²) in [5.41, 5.74) is 0.224. The fourth-order valence-electron chi connectivity index (χ4n) is 1.40. The molecule has 0 aliphatic heterocycles. The van der Waals surface area contributed by atoms with Crippen molar-refractivity contribution in [3.63, 3.8) is 0 Å². The van der Waals surface area contributed by atoms with E-state index in [1.54, 1.807) is 0 Å². The first kappa shape index (κ1) is 14.3. The van der Waals surface area contributed by atoms with Crippen LogP contribution in [0.3, 0.4) is 0 Å².